The minimum atomic E-state index is -6.11. The summed E-state index contributed by atoms with van der Waals surface area (Å²) < 4.78 is 34.7. The Morgan fingerprint density at radius 2 is 0.648 bits per heavy atom. The Balaban J connectivity index is 1.68. The summed E-state index contributed by atoms with van der Waals surface area (Å²) in [6.07, 6.45) is 2.74. The van der Waals surface area contributed by atoms with Gasteiger partial charge in [0.2, 0.25) is 0 Å². The average Bonchev–Trinajstić information content (AvgIpc) is 3.13. The van der Waals surface area contributed by atoms with E-state index in [1.54, 1.807) is 24.3 Å². The van der Waals surface area contributed by atoms with Gasteiger partial charge in [-0.2, -0.15) is 0 Å². The maximum absolute atomic E-state index is 17.3. The van der Waals surface area contributed by atoms with E-state index in [4.69, 9.17) is 0 Å². The van der Waals surface area contributed by atoms with Gasteiger partial charge in [0.25, 0.3) is 0 Å². The first-order valence-electron chi connectivity index (χ1n) is 19.0. The molecule has 4 aromatic rings. The van der Waals surface area contributed by atoms with Gasteiger partial charge in [0, 0.05) is 0 Å². The summed E-state index contributed by atoms with van der Waals surface area (Å²) in [5.74, 6) is 0. The van der Waals surface area contributed by atoms with Crippen LogP contribution in [0, 0.1) is 0 Å². The van der Waals surface area contributed by atoms with Gasteiger partial charge in [-0.05, 0) is 0 Å². The molecule has 0 aromatic heterocycles. The molecule has 4 N–H and O–H groups in total. The van der Waals surface area contributed by atoms with Gasteiger partial charge in [-0.15, -0.1) is 0 Å². The zero-order valence-corrected chi connectivity index (χ0v) is 37.6. The summed E-state index contributed by atoms with van der Waals surface area (Å²) in [6.45, 7) is 24.0. The number of rotatable bonds is 15. The van der Waals surface area contributed by atoms with Gasteiger partial charge >= 0.3 is 333 Å². The Morgan fingerprint density at radius 1 is 0.426 bits per heavy atom. The van der Waals surface area contributed by atoms with E-state index in [-0.39, 0.29) is 21.2 Å². The first-order chi connectivity index (χ1) is 24.7. The van der Waals surface area contributed by atoms with E-state index in [9.17, 15) is 19.6 Å². The monoisotopic (exact) mass is 818 g/mol. The molecule has 0 heterocycles. The normalized spacial score (nSPS) is 15.0. The minimum absolute atomic E-state index is 0.00106. The van der Waals surface area contributed by atoms with Crippen molar-refractivity contribution in [2.45, 2.75) is 140 Å². The Hall–Kier alpha value is -1.86. The zero-order chi connectivity index (χ0) is 40.8. The van der Waals surface area contributed by atoms with Gasteiger partial charge in [-0.3, -0.25) is 0 Å². The van der Waals surface area contributed by atoms with Crippen molar-refractivity contribution in [1.82, 2.24) is 0 Å². The third kappa shape index (κ3) is 8.53. The van der Waals surface area contributed by atoms with Crippen LogP contribution in [0.4, 0.5) is 8.39 Å². The Kier molecular flexibility index (Phi) is 12.6. The second kappa shape index (κ2) is 15.1. The van der Waals surface area contributed by atoms with Crippen LogP contribution in [0.2, 0.25) is 0 Å². The quantitative estimate of drug-likeness (QED) is 0.0707. The van der Waals surface area contributed by atoms with E-state index in [2.05, 4.69) is 0 Å². The fourth-order valence-corrected chi connectivity index (χ4v) is 13.8. The second-order valence-corrected chi connectivity index (χ2v) is 25.2. The van der Waals surface area contributed by atoms with E-state index >= 15 is 8.39 Å². The topological polar surface area (TPSA) is 80.9 Å². The Labute approximate surface area is 331 Å². The summed E-state index contributed by atoms with van der Waals surface area (Å²) in [4.78, 5) is 49.0. The van der Waals surface area contributed by atoms with Crippen molar-refractivity contribution in [2.24, 2.45) is 0 Å². The Morgan fingerprint density at radius 3 is 0.852 bits per heavy atom. The SMILES string of the molecule is CCC(C)(C)c1cccc(C(C)(C)CC)c1P(O)(O)(F)c1ccc(SSc2ccc(P(O)(O)(F)c3c(C(C)(C)CC)cccc3C(C)(C)CC)cc2)cc1. The van der Waals surface area contributed by atoms with E-state index < -0.39 is 36.4 Å². The molecule has 0 radical (unpaired) electrons. The number of benzene rings is 4. The molecule has 0 amide bonds. The van der Waals surface area contributed by atoms with Crippen molar-refractivity contribution in [2.75, 3.05) is 0 Å². The molecule has 0 unspecified atom stereocenters. The predicted octanol–water partition coefficient (Wildman–Crippen LogP) is 11.6. The van der Waals surface area contributed by atoms with Gasteiger partial charge in [0.1, 0.15) is 0 Å². The van der Waals surface area contributed by atoms with Crippen molar-refractivity contribution >= 4 is 57.5 Å². The first-order valence-corrected chi connectivity index (χ1v) is 25.2. The molecular weight excluding hydrogens is 757 g/mol. The molecule has 0 aliphatic heterocycles. The van der Waals surface area contributed by atoms with Gasteiger partial charge in [-0.1, -0.05) is 0 Å². The van der Waals surface area contributed by atoms with E-state index in [1.807, 2.05) is 119 Å². The summed E-state index contributed by atoms with van der Waals surface area (Å²) in [7, 11) is -9.47. The molecule has 0 saturated carbocycles. The maximum atomic E-state index is 17.3. The third-order valence-electron chi connectivity index (χ3n) is 12.1. The van der Waals surface area contributed by atoms with Crippen LogP contribution in [-0.4, -0.2) is 19.6 Å². The van der Waals surface area contributed by atoms with Crippen molar-refractivity contribution < 1.29 is 28.0 Å². The molecule has 0 bridgehead atoms. The Bertz CT molecular complexity index is 1750. The van der Waals surface area contributed by atoms with Crippen molar-refractivity contribution in [1.29, 1.82) is 0 Å². The fraction of sp³-hybridized carbons (Fsp3) is 0.455. The molecule has 0 fully saturated rings. The molecular formula is C44H62F2O4P2S2. The van der Waals surface area contributed by atoms with Crippen molar-refractivity contribution in [3.8, 4) is 0 Å². The number of hydrogen-bond acceptors (Lipinski definition) is 6. The molecule has 4 rings (SSSR count). The van der Waals surface area contributed by atoms with Crippen LogP contribution in [0.5, 0.6) is 0 Å². The van der Waals surface area contributed by atoms with Crippen LogP contribution < -0.4 is 21.2 Å². The molecule has 0 atom stereocenters. The van der Waals surface area contributed by atoms with Crippen molar-refractivity contribution in [3.63, 3.8) is 0 Å². The first kappa shape index (κ1) is 44.8. The van der Waals surface area contributed by atoms with Gasteiger partial charge < -0.3 is 0 Å². The summed E-state index contributed by atoms with van der Waals surface area (Å²) in [6, 6.07) is 23.5. The summed E-state index contributed by atoms with van der Waals surface area (Å²) in [5.41, 5.74) is 0.387. The van der Waals surface area contributed by atoms with E-state index in [0.29, 0.717) is 47.9 Å². The molecule has 298 valence electrons. The molecule has 10 heteroatoms. The molecule has 0 aliphatic carbocycles. The average molecular weight is 819 g/mol. The van der Waals surface area contributed by atoms with Crippen LogP contribution in [0.15, 0.2) is 94.7 Å². The fourth-order valence-electron chi connectivity index (χ4n) is 6.77. The zero-order valence-electron chi connectivity index (χ0n) is 34.2. The number of hydrogen-bond donors (Lipinski definition) is 4. The van der Waals surface area contributed by atoms with E-state index in [0.717, 1.165) is 9.79 Å². The molecule has 0 spiro atoms. The van der Waals surface area contributed by atoms with Gasteiger partial charge in [-0.25, -0.2) is 0 Å². The van der Waals surface area contributed by atoms with Gasteiger partial charge in [0.15, 0.2) is 0 Å². The molecule has 54 heavy (non-hydrogen) atoms. The van der Waals surface area contributed by atoms with Gasteiger partial charge in [0.05, 0.1) is 0 Å². The standard InChI is InChI=1S/C44H62F2O4P2S2/c1-13-41(5,6)35-19-17-20-36(42(7,8)14-2)39(35)51(45,47,48)31-23-27-33(28-24-31)53-54-34-29-25-32(26-30-34)52(46,49,50)40-37(43(9,10)15-3)21-18-22-38(40)44(11,12)16-4/h17-30,47-50H,13-16H2,1-12H3. The van der Waals surface area contributed by atoms with E-state index in [1.165, 1.54) is 45.9 Å². The van der Waals surface area contributed by atoms with Crippen LogP contribution in [0.1, 0.15) is 131 Å². The molecule has 0 aliphatic rings. The summed E-state index contributed by atoms with van der Waals surface area (Å²) >= 11 is 0. The van der Waals surface area contributed by atoms with Crippen LogP contribution >= 0.6 is 36.3 Å². The molecule has 4 nitrogen and oxygen atoms in total. The van der Waals surface area contributed by atoms with Crippen LogP contribution in [0.3, 0.4) is 0 Å². The summed E-state index contributed by atoms with van der Waals surface area (Å²) in [5, 5.41) is -0.323. The predicted molar refractivity (Wildman–Crippen MR) is 234 cm³/mol. The number of halogens is 2. The molecule has 0 saturated heterocycles. The third-order valence-corrected chi connectivity index (χ3v) is 19.5. The van der Waals surface area contributed by atoms with Crippen molar-refractivity contribution in [3.05, 3.63) is 107 Å². The molecule has 4 aromatic carbocycles. The van der Waals surface area contributed by atoms with Crippen LogP contribution in [-0.2, 0) is 21.7 Å². The second-order valence-electron chi connectivity index (χ2n) is 17.4. The van der Waals surface area contributed by atoms with Crippen LogP contribution in [0.25, 0.3) is 0 Å².